The van der Waals surface area contributed by atoms with Crippen LogP contribution in [0.3, 0.4) is 0 Å². The van der Waals surface area contributed by atoms with E-state index in [4.69, 9.17) is 0 Å². The molecule has 1 fully saturated rings. The largest absolute Gasteiger partial charge is 0.507 e. The minimum atomic E-state index is -0.765. The zero-order valence-electron chi connectivity index (χ0n) is 17.6. The zero-order chi connectivity index (χ0) is 22.4. The number of carbonyl (C=O) groups is 2. The number of aliphatic hydroxyl groups is 1. The summed E-state index contributed by atoms with van der Waals surface area (Å²) in [6, 6.07) is 21.6. The molecule has 1 aliphatic rings. The maximum absolute atomic E-state index is 13.2. The quantitative estimate of drug-likeness (QED) is 0.258. The fraction of sp³-hybridized carbons (Fsp3) is 0.115. The van der Waals surface area contributed by atoms with Crippen molar-refractivity contribution in [3.05, 3.63) is 101 Å². The molecule has 0 bridgehead atoms. The van der Waals surface area contributed by atoms with Gasteiger partial charge in [-0.25, -0.2) is 4.98 Å². The number of hydrogen-bond donors (Lipinski definition) is 1. The molecule has 0 spiro atoms. The Hall–Kier alpha value is -3.77. The lowest BCUT2D eigenvalue weighted by Crippen LogP contribution is -2.29. The predicted octanol–water partition coefficient (Wildman–Crippen LogP) is 5.54. The fourth-order valence-electron chi connectivity index (χ4n) is 3.97. The fourth-order valence-corrected chi connectivity index (χ4v) is 5.06. The van der Waals surface area contributed by atoms with E-state index in [-0.39, 0.29) is 11.3 Å². The molecule has 0 radical (unpaired) electrons. The second-order valence-electron chi connectivity index (χ2n) is 7.91. The van der Waals surface area contributed by atoms with Crippen LogP contribution in [0.5, 0.6) is 0 Å². The first-order valence-electron chi connectivity index (χ1n) is 10.2. The van der Waals surface area contributed by atoms with Crippen molar-refractivity contribution in [3.8, 4) is 0 Å². The molecule has 1 atom stereocenters. The van der Waals surface area contributed by atoms with Crippen LogP contribution in [0.4, 0.5) is 5.13 Å². The van der Waals surface area contributed by atoms with Crippen LogP contribution in [-0.2, 0) is 9.59 Å². The van der Waals surface area contributed by atoms with Gasteiger partial charge in [-0.2, -0.15) is 0 Å². The van der Waals surface area contributed by atoms with Crippen molar-refractivity contribution in [2.24, 2.45) is 0 Å². The Morgan fingerprint density at radius 1 is 0.938 bits per heavy atom. The summed E-state index contributed by atoms with van der Waals surface area (Å²) >= 11 is 1.36. The van der Waals surface area contributed by atoms with Crippen molar-refractivity contribution in [3.63, 3.8) is 0 Å². The van der Waals surface area contributed by atoms with Gasteiger partial charge in [0.15, 0.2) is 5.13 Å². The Bertz CT molecular complexity index is 1390. The maximum atomic E-state index is 13.2. The summed E-state index contributed by atoms with van der Waals surface area (Å²) in [4.78, 5) is 32.5. The number of fused-ring (bicyclic) bond motifs is 1. The molecule has 158 valence electrons. The highest BCUT2D eigenvalue weighted by atomic mass is 32.1. The minimum Gasteiger partial charge on any atom is -0.507 e. The molecule has 6 heteroatoms. The van der Waals surface area contributed by atoms with E-state index in [2.05, 4.69) is 4.98 Å². The number of carbonyl (C=O) groups excluding carboxylic acids is 2. The summed E-state index contributed by atoms with van der Waals surface area (Å²) < 4.78 is 0.937. The minimum absolute atomic E-state index is 0.0699. The van der Waals surface area contributed by atoms with E-state index >= 15 is 0 Å². The standard InChI is InChI=1S/C26H20N2O3S/c1-15-8-11-18(12-9-15)23(29)21-22(17-6-4-3-5-7-17)28(25(31)24(21)30)26-27-19-13-10-16(2)14-20(19)32-26/h3-14,22,29H,1-2H3/b23-21+. The number of ketones is 1. The molecule has 1 saturated heterocycles. The molecule has 3 aromatic carbocycles. The number of rotatable bonds is 3. The van der Waals surface area contributed by atoms with Crippen molar-refractivity contribution in [1.82, 2.24) is 4.98 Å². The van der Waals surface area contributed by atoms with Gasteiger partial charge >= 0.3 is 5.91 Å². The summed E-state index contributed by atoms with van der Waals surface area (Å²) in [7, 11) is 0. The van der Waals surface area contributed by atoms with Gasteiger partial charge in [0.05, 0.1) is 21.8 Å². The summed E-state index contributed by atoms with van der Waals surface area (Å²) in [5.74, 6) is -1.59. The average molecular weight is 441 g/mol. The van der Waals surface area contributed by atoms with Gasteiger partial charge in [0.25, 0.3) is 5.78 Å². The molecule has 32 heavy (non-hydrogen) atoms. The van der Waals surface area contributed by atoms with Crippen LogP contribution in [-0.4, -0.2) is 21.8 Å². The first kappa shape index (κ1) is 20.2. The highest BCUT2D eigenvalue weighted by molar-refractivity contribution is 7.22. The van der Waals surface area contributed by atoms with E-state index in [9.17, 15) is 14.7 Å². The lowest BCUT2D eigenvalue weighted by Gasteiger charge is -2.22. The van der Waals surface area contributed by atoms with E-state index in [0.29, 0.717) is 10.7 Å². The molecule has 1 amide bonds. The van der Waals surface area contributed by atoms with Crippen LogP contribution in [0, 0.1) is 13.8 Å². The number of nitrogens with zero attached hydrogens (tertiary/aromatic N) is 2. The summed E-state index contributed by atoms with van der Waals surface area (Å²) in [5.41, 5.74) is 4.19. The zero-order valence-corrected chi connectivity index (χ0v) is 18.4. The first-order chi connectivity index (χ1) is 15.4. The summed E-state index contributed by atoms with van der Waals surface area (Å²) in [5, 5.41) is 11.6. The van der Waals surface area contributed by atoms with Gasteiger partial charge in [-0.15, -0.1) is 0 Å². The lowest BCUT2D eigenvalue weighted by atomic mass is 9.95. The van der Waals surface area contributed by atoms with Gasteiger partial charge in [-0.1, -0.05) is 77.6 Å². The third kappa shape index (κ3) is 3.29. The van der Waals surface area contributed by atoms with Gasteiger partial charge in [-0.3, -0.25) is 14.5 Å². The van der Waals surface area contributed by atoms with Crippen molar-refractivity contribution in [2.75, 3.05) is 4.90 Å². The van der Waals surface area contributed by atoms with Crippen molar-refractivity contribution < 1.29 is 14.7 Å². The van der Waals surface area contributed by atoms with Gasteiger partial charge in [0.2, 0.25) is 0 Å². The van der Waals surface area contributed by atoms with Gasteiger partial charge in [0.1, 0.15) is 5.76 Å². The normalized spacial score (nSPS) is 17.9. The number of thiazole rings is 1. The molecule has 1 aliphatic heterocycles. The molecular weight excluding hydrogens is 420 g/mol. The van der Waals surface area contributed by atoms with Gasteiger partial charge in [0, 0.05) is 5.56 Å². The topological polar surface area (TPSA) is 70.5 Å². The number of hydrogen-bond acceptors (Lipinski definition) is 5. The summed E-state index contributed by atoms with van der Waals surface area (Å²) in [6.07, 6.45) is 0. The Morgan fingerprint density at radius 3 is 2.34 bits per heavy atom. The van der Waals surface area contributed by atoms with E-state index < -0.39 is 17.7 Å². The SMILES string of the molecule is Cc1ccc(/C(O)=C2\C(=O)C(=O)N(c3nc4ccc(C)cc4s3)C2c2ccccc2)cc1. The third-order valence-corrected chi connectivity index (χ3v) is 6.64. The van der Waals surface area contributed by atoms with Crippen LogP contribution >= 0.6 is 11.3 Å². The highest BCUT2D eigenvalue weighted by Gasteiger charge is 2.48. The van der Waals surface area contributed by atoms with Crippen molar-refractivity contribution in [1.29, 1.82) is 0 Å². The van der Waals surface area contributed by atoms with Crippen molar-refractivity contribution >= 4 is 44.1 Å². The number of Topliss-reactive ketones (excluding diaryl/α,β-unsaturated/α-hetero) is 1. The summed E-state index contributed by atoms with van der Waals surface area (Å²) in [6.45, 7) is 3.94. The van der Waals surface area contributed by atoms with Crippen LogP contribution in [0.1, 0.15) is 28.3 Å². The second kappa shape index (κ2) is 7.73. The molecule has 0 saturated carbocycles. The molecule has 0 aliphatic carbocycles. The van der Waals surface area contributed by atoms with E-state index in [1.807, 2.05) is 74.5 Å². The third-order valence-electron chi connectivity index (χ3n) is 5.62. The van der Waals surface area contributed by atoms with E-state index in [1.54, 1.807) is 12.1 Å². The smallest absolute Gasteiger partial charge is 0.301 e. The first-order valence-corrected chi connectivity index (χ1v) is 11.1. The predicted molar refractivity (Wildman–Crippen MR) is 127 cm³/mol. The van der Waals surface area contributed by atoms with E-state index in [1.165, 1.54) is 16.2 Å². The maximum Gasteiger partial charge on any atom is 0.301 e. The average Bonchev–Trinajstić information content (AvgIpc) is 3.32. The van der Waals surface area contributed by atoms with E-state index in [0.717, 1.165) is 26.9 Å². The van der Waals surface area contributed by atoms with Gasteiger partial charge in [-0.05, 0) is 37.1 Å². The number of aromatic nitrogens is 1. The van der Waals surface area contributed by atoms with Gasteiger partial charge < -0.3 is 5.11 Å². The Labute approximate surface area is 189 Å². The number of amides is 1. The van der Waals surface area contributed by atoms with Crippen LogP contribution in [0.2, 0.25) is 0 Å². The molecule has 2 heterocycles. The molecular formula is C26H20N2O3S. The Kier molecular flexibility index (Phi) is 4.87. The highest BCUT2D eigenvalue weighted by Crippen LogP contribution is 2.44. The van der Waals surface area contributed by atoms with Crippen LogP contribution in [0.15, 0.2) is 78.4 Å². The Morgan fingerprint density at radius 2 is 1.62 bits per heavy atom. The number of aliphatic hydroxyl groups excluding tert-OH is 1. The molecule has 1 N–H and O–H groups in total. The van der Waals surface area contributed by atoms with Crippen molar-refractivity contribution in [2.45, 2.75) is 19.9 Å². The molecule has 1 unspecified atom stereocenters. The van der Waals surface area contributed by atoms with Crippen LogP contribution < -0.4 is 4.90 Å². The number of aryl methyl sites for hydroxylation is 2. The number of anilines is 1. The molecule has 5 rings (SSSR count). The molecule has 5 nitrogen and oxygen atoms in total. The monoisotopic (exact) mass is 440 g/mol. The molecule has 4 aromatic rings. The second-order valence-corrected chi connectivity index (χ2v) is 8.92. The number of benzene rings is 3. The Balaban J connectivity index is 1.72. The molecule has 1 aromatic heterocycles. The van der Waals surface area contributed by atoms with Crippen LogP contribution in [0.25, 0.3) is 16.0 Å². The lowest BCUT2D eigenvalue weighted by molar-refractivity contribution is -0.132.